The van der Waals surface area contributed by atoms with Crippen LogP contribution in [0.2, 0.25) is 0 Å². The van der Waals surface area contributed by atoms with E-state index in [9.17, 15) is 0 Å². The minimum absolute atomic E-state index is 0.847. The van der Waals surface area contributed by atoms with Crippen LogP contribution in [0.1, 0.15) is 0 Å². The third-order valence-electron chi connectivity index (χ3n) is 9.18. The minimum Gasteiger partial charge on any atom is -0.453 e. The lowest BCUT2D eigenvalue weighted by Crippen LogP contribution is -2.11. The highest BCUT2D eigenvalue weighted by atomic mass is 16.3. The highest BCUT2D eigenvalue weighted by Gasteiger charge is 2.22. The molecule has 0 aliphatic rings. The zero-order chi connectivity index (χ0) is 31.9. The Hall–Kier alpha value is -6.45. The molecule has 3 heteroatoms. The predicted molar refractivity (Wildman–Crippen MR) is 200 cm³/mol. The fourth-order valence-electron chi connectivity index (χ4n) is 6.81. The van der Waals surface area contributed by atoms with E-state index in [1.54, 1.807) is 0 Å². The smallest absolute Gasteiger partial charge is 0.159 e. The number of nitrogens with zero attached hydrogens (tertiary/aromatic N) is 2. The molecule has 0 aliphatic heterocycles. The number of hydrogen-bond donors (Lipinski definition) is 0. The first kappa shape index (κ1) is 27.8. The van der Waals surface area contributed by atoms with Crippen LogP contribution in [0.15, 0.2) is 187 Å². The zero-order valence-electron chi connectivity index (χ0n) is 26.1. The van der Waals surface area contributed by atoms with Crippen molar-refractivity contribution in [3.8, 4) is 33.4 Å². The average molecular weight is 615 g/mol. The lowest BCUT2D eigenvalue weighted by molar-refractivity contribution is 0.673. The van der Waals surface area contributed by atoms with Crippen LogP contribution in [0.5, 0.6) is 0 Å². The summed E-state index contributed by atoms with van der Waals surface area (Å²) in [6.07, 6.45) is 3.72. The Bertz CT molecular complexity index is 2540. The number of para-hydroxylation sites is 2. The molecule has 0 saturated carbocycles. The molecule has 0 spiro atoms. The van der Waals surface area contributed by atoms with E-state index in [1.807, 2.05) is 18.5 Å². The van der Waals surface area contributed by atoms with Crippen molar-refractivity contribution in [1.29, 1.82) is 0 Å². The monoisotopic (exact) mass is 614 g/mol. The lowest BCUT2D eigenvalue weighted by atomic mass is 9.99. The van der Waals surface area contributed by atoms with Gasteiger partial charge in [-0.1, -0.05) is 133 Å². The standard InChI is InChI=1S/C45H30N2O/c1-3-10-31(11-4-1)32-18-20-33(21-19-32)34-22-25-37(26-23-34)47(42-16-8-7-14-38(42)35-12-5-2-6-13-35)43-17-9-15-40-41-27-24-36-30-46-29-28-39(36)44(41)48-45(40)43/h1-30H. The van der Waals surface area contributed by atoms with Crippen LogP contribution >= 0.6 is 0 Å². The van der Waals surface area contributed by atoms with Gasteiger partial charge < -0.3 is 9.32 Å². The van der Waals surface area contributed by atoms with Gasteiger partial charge in [0.05, 0.1) is 11.4 Å². The number of aromatic nitrogens is 1. The van der Waals surface area contributed by atoms with Gasteiger partial charge in [0, 0.05) is 45.2 Å². The Kier molecular flexibility index (Phi) is 6.80. The maximum absolute atomic E-state index is 6.84. The summed E-state index contributed by atoms with van der Waals surface area (Å²) in [5, 5.41) is 4.29. The predicted octanol–water partition coefficient (Wildman–Crippen LogP) is 12.6. The number of fused-ring (bicyclic) bond motifs is 5. The fourth-order valence-corrected chi connectivity index (χ4v) is 6.81. The summed E-state index contributed by atoms with van der Waals surface area (Å²) in [5.74, 6) is 0. The highest BCUT2D eigenvalue weighted by Crippen LogP contribution is 2.46. The summed E-state index contributed by atoms with van der Waals surface area (Å²) in [6.45, 7) is 0. The number of rotatable bonds is 6. The fraction of sp³-hybridized carbons (Fsp3) is 0. The minimum atomic E-state index is 0.847. The van der Waals surface area contributed by atoms with Gasteiger partial charge in [-0.2, -0.15) is 0 Å². The third kappa shape index (κ3) is 4.81. The number of anilines is 3. The van der Waals surface area contributed by atoms with Crippen molar-refractivity contribution in [2.24, 2.45) is 0 Å². The number of benzene rings is 7. The lowest BCUT2D eigenvalue weighted by Gasteiger charge is -2.28. The van der Waals surface area contributed by atoms with Crippen LogP contribution in [-0.4, -0.2) is 4.98 Å². The number of furan rings is 1. The van der Waals surface area contributed by atoms with E-state index in [2.05, 4.69) is 174 Å². The van der Waals surface area contributed by atoms with Crippen molar-refractivity contribution in [3.63, 3.8) is 0 Å². The Morgan fingerprint density at radius 3 is 1.71 bits per heavy atom. The Morgan fingerprint density at radius 2 is 0.979 bits per heavy atom. The molecular weight excluding hydrogens is 585 g/mol. The van der Waals surface area contributed by atoms with E-state index in [4.69, 9.17) is 4.42 Å². The molecule has 0 bridgehead atoms. The van der Waals surface area contributed by atoms with Crippen molar-refractivity contribution in [2.45, 2.75) is 0 Å². The van der Waals surface area contributed by atoms with Gasteiger partial charge in [0.2, 0.25) is 0 Å². The summed E-state index contributed by atoms with van der Waals surface area (Å²) in [4.78, 5) is 6.67. The maximum Gasteiger partial charge on any atom is 0.159 e. The molecule has 0 aliphatic carbocycles. The molecule has 0 saturated heterocycles. The van der Waals surface area contributed by atoms with Gasteiger partial charge in [-0.15, -0.1) is 0 Å². The Labute approximate surface area is 279 Å². The quantitative estimate of drug-likeness (QED) is 0.187. The van der Waals surface area contributed by atoms with Crippen LogP contribution in [0, 0.1) is 0 Å². The molecule has 3 nitrogen and oxygen atoms in total. The first-order valence-electron chi connectivity index (χ1n) is 16.2. The summed E-state index contributed by atoms with van der Waals surface area (Å²) >= 11 is 0. The molecule has 0 N–H and O–H groups in total. The van der Waals surface area contributed by atoms with E-state index >= 15 is 0 Å². The second kappa shape index (κ2) is 11.7. The molecule has 9 rings (SSSR count). The van der Waals surface area contributed by atoms with Crippen LogP contribution in [0.4, 0.5) is 17.1 Å². The molecule has 0 radical (unpaired) electrons. The Balaban J connectivity index is 1.21. The number of pyridine rings is 1. The second-order valence-electron chi connectivity index (χ2n) is 12.0. The van der Waals surface area contributed by atoms with Gasteiger partial charge >= 0.3 is 0 Å². The maximum atomic E-state index is 6.84. The molecule has 7 aromatic carbocycles. The van der Waals surface area contributed by atoms with Gasteiger partial charge in [0.1, 0.15) is 5.58 Å². The van der Waals surface area contributed by atoms with Gasteiger partial charge in [0.15, 0.2) is 5.58 Å². The third-order valence-corrected chi connectivity index (χ3v) is 9.18. The molecule has 0 unspecified atom stereocenters. The average Bonchev–Trinajstić information content (AvgIpc) is 3.56. The van der Waals surface area contributed by atoms with Crippen LogP contribution in [0.25, 0.3) is 66.1 Å². The van der Waals surface area contributed by atoms with Crippen molar-refractivity contribution in [3.05, 3.63) is 182 Å². The summed E-state index contributed by atoms with van der Waals surface area (Å²) in [7, 11) is 0. The molecule has 2 aromatic heterocycles. The van der Waals surface area contributed by atoms with Crippen molar-refractivity contribution in [1.82, 2.24) is 4.98 Å². The van der Waals surface area contributed by atoms with Gasteiger partial charge in [-0.3, -0.25) is 4.98 Å². The first-order chi connectivity index (χ1) is 23.8. The Morgan fingerprint density at radius 1 is 0.396 bits per heavy atom. The SMILES string of the molecule is c1ccc(-c2ccc(-c3ccc(N(c4ccccc4-c4ccccc4)c4cccc5c4oc4c6ccncc6ccc54)cc3)cc2)cc1. The van der Waals surface area contributed by atoms with Crippen LogP contribution in [0.3, 0.4) is 0 Å². The second-order valence-corrected chi connectivity index (χ2v) is 12.0. The molecule has 2 heterocycles. The molecule has 9 aromatic rings. The molecule has 0 amide bonds. The van der Waals surface area contributed by atoms with Crippen molar-refractivity contribution in [2.75, 3.05) is 4.90 Å². The van der Waals surface area contributed by atoms with E-state index in [-0.39, 0.29) is 0 Å². The highest BCUT2D eigenvalue weighted by molar-refractivity contribution is 6.17. The van der Waals surface area contributed by atoms with E-state index < -0.39 is 0 Å². The molecular formula is C45H30N2O. The van der Waals surface area contributed by atoms with E-state index in [0.717, 1.165) is 66.5 Å². The van der Waals surface area contributed by atoms with Gasteiger partial charge in [-0.05, 0) is 64.2 Å². The zero-order valence-corrected chi connectivity index (χ0v) is 26.1. The van der Waals surface area contributed by atoms with E-state index in [0.29, 0.717) is 0 Å². The number of hydrogen-bond acceptors (Lipinski definition) is 3. The largest absolute Gasteiger partial charge is 0.453 e. The van der Waals surface area contributed by atoms with Gasteiger partial charge in [0.25, 0.3) is 0 Å². The summed E-state index contributed by atoms with van der Waals surface area (Å²) in [5.41, 5.74) is 11.9. The molecule has 48 heavy (non-hydrogen) atoms. The van der Waals surface area contributed by atoms with Gasteiger partial charge in [-0.25, -0.2) is 0 Å². The van der Waals surface area contributed by atoms with Crippen LogP contribution in [-0.2, 0) is 0 Å². The normalized spacial score (nSPS) is 11.3. The topological polar surface area (TPSA) is 29.3 Å². The first-order valence-corrected chi connectivity index (χ1v) is 16.2. The summed E-state index contributed by atoms with van der Waals surface area (Å²) in [6, 6.07) is 60.1. The van der Waals surface area contributed by atoms with Crippen LogP contribution < -0.4 is 4.90 Å². The molecule has 226 valence electrons. The molecule has 0 atom stereocenters. The molecule has 0 fully saturated rings. The summed E-state index contributed by atoms with van der Waals surface area (Å²) < 4.78 is 6.84. The van der Waals surface area contributed by atoms with Crippen molar-refractivity contribution < 1.29 is 4.42 Å². The van der Waals surface area contributed by atoms with Crippen molar-refractivity contribution >= 4 is 49.8 Å². The van der Waals surface area contributed by atoms with E-state index in [1.165, 1.54) is 16.7 Å².